The van der Waals surface area contributed by atoms with Crippen LogP contribution in [0.2, 0.25) is 0 Å². The third kappa shape index (κ3) is 8.28. The average molecular weight is 838 g/mol. The molecule has 255 valence electrons. The molecule has 45 heavy (non-hydrogen) atoms. The Bertz CT molecular complexity index is 1290. The van der Waals surface area contributed by atoms with Crippen LogP contribution in [0.4, 0.5) is 90.4 Å². The Hall–Kier alpha value is -2.05. The zero-order valence-corrected chi connectivity index (χ0v) is 24.7. The van der Waals surface area contributed by atoms with Crippen molar-refractivity contribution >= 4 is 63.7 Å². The summed E-state index contributed by atoms with van der Waals surface area (Å²) in [5, 5.41) is 0. The van der Waals surface area contributed by atoms with Crippen molar-refractivity contribution in [1.29, 1.82) is 0 Å². The molecule has 0 fully saturated rings. The molecular weight excluding hydrogens is 827 g/mol. The first-order valence-corrected chi connectivity index (χ1v) is 12.3. The third-order valence-electron chi connectivity index (χ3n) is 5.14. The molecule has 2 unspecified atom stereocenters. The van der Waals surface area contributed by atoms with Gasteiger partial charge in [-0.3, -0.25) is 0 Å². The fourth-order valence-electron chi connectivity index (χ4n) is 2.93. The molecule has 0 bridgehead atoms. The van der Waals surface area contributed by atoms with Crippen LogP contribution in [0.15, 0.2) is 49.6 Å². The van der Waals surface area contributed by atoms with Crippen molar-refractivity contribution in [3.8, 4) is 0 Å². The van der Waals surface area contributed by atoms with E-state index in [1.807, 2.05) is 0 Å². The van der Waals surface area contributed by atoms with E-state index in [0.717, 1.165) is 0 Å². The van der Waals surface area contributed by atoms with Gasteiger partial charge in [0.2, 0.25) is 0 Å². The molecule has 0 saturated heterocycles. The van der Waals surface area contributed by atoms with Gasteiger partial charge < -0.3 is 11.5 Å². The number of nitrogen functional groups attached to an aromatic ring is 2. The number of hydrogen-bond donors (Lipinski definition) is 3. The number of benzene rings is 2. The van der Waals surface area contributed by atoms with E-state index in [0.29, 0.717) is 12.1 Å². The first-order chi connectivity index (χ1) is 19.7. The number of nitrogens with two attached hydrogens (primary N) is 2. The number of alkyl halides is 18. The van der Waals surface area contributed by atoms with Crippen LogP contribution in [0, 0.1) is 0 Å². The summed E-state index contributed by atoms with van der Waals surface area (Å²) in [6, 6.07) is 1.66. The molecule has 1 radical (unpaired) electrons. The second-order valence-corrected chi connectivity index (χ2v) is 9.99. The van der Waals surface area contributed by atoms with Crippen molar-refractivity contribution in [3.05, 3.63) is 56.5 Å². The van der Waals surface area contributed by atoms with Gasteiger partial charge in [-0.1, -0.05) is 12.1 Å². The fraction of sp³-hybridized carbons (Fsp3) is 0.400. The third-order valence-corrected chi connectivity index (χ3v) is 6.46. The van der Waals surface area contributed by atoms with Gasteiger partial charge in [0.25, 0.3) is 0 Å². The van der Waals surface area contributed by atoms with Gasteiger partial charge in [0.05, 0.1) is 5.69 Å². The summed E-state index contributed by atoms with van der Waals surface area (Å²) in [5.74, 6) is -13.4. The van der Waals surface area contributed by atoms with Crippen molar-refractivity contribution < 1.29 is 79.0 Å². The van der Waals surface area contributed by atoms with Crippen LogP contribution in [0.5, 0.6) is 0 Å². The predicted molar refractivity (Wildman–Crippen MR) is 134 cm³/mol. The van der Waals surface area contributed by atoms with E-state index in [2.05, 4.69) is 56.6 Å². The number of thiol groups is 1. The van der Waals surface area contributed by atoms with E-state index >= 15 is 0 Å². The number of nitrogens with zero attached hydrogens (tertiary/aromatic N) is 1. The molecule has 0 spiro atoms. The molecule has 0 saturated carbocycles. The number of rotatable bonds is 4. The topological polar surface area (TPSA) is 64.4 Å². The molecule has 3 nitrogen and oxygen atoms in total. The van der Waals surface area contributed by atoms with Crippen LogP contribution in [0.25, 0.3) is 0 Å². The van der Waals surface area contributed by atoms with Gasteiger partial charge in [-0.2, -0.15) is 70.2 Å². The minimum atomic E-state index is -6.77. The van der Waals surface area contributed by atoms with E-state index in [-0.39, 0.29) is 35.6 Å². The monoisotopic (exact) mass is 836 g/mol. The fourth-order valence-corrected chi connectivity index (χ4v) is 4.12. The van der Waals surface area contributed by atoms with Gasteiger partial charge in [0.1, 0.15) is 0 Å². The molecular formula is C20H11BBr2F18N3S. The standard InChI is InChI=1S/C10H4Br2F9N.C10H6F9N.BHNS/c11-4-1-3(2-5(12)6(4)22)7(13,9(16,17)18)8(14,15)10(19,20)21;11-7(9(14,15)16,8(12,13)10(17,18)19)5-1-3-6(20)4-2-5;1-2-3/h1-2H,22H2;1-4H,20H2;3H. The summed E-state index contributed by atoms with van der Waals surface area (Å²) in [6.45, 7) is 0. The van der Waals surface area contributed by atoms with E-state index in [4.69, 9.17) is 11.5 Å². The summed E-state index contributed by atoms with van der Waals surface area (Å²) in [5.41, 5.74) is -5.92. The van der Waals surface area contributed by atoms with Crippen molar-refractivity contribution in [1.82, 2.24) is 0 Å². The van der Waals surface area contributed by atoms with Crippen LogP contribution < -0.4 is 11.5 Å². The van der Waals surface area contributed by atoms with Crippen molar-refractivity contribution in [2.24, 2.45) is 4.30 Å². The van der Waals surface area contributed by atoms with Crippen molar-refractivity contribution in [3.63, 3.8) is 0 Å². The molecule has 0 heterocycles. The maximum atomic E-state index is 14.1. The maximum absolute atomic E-state index is 14.1. The second kappa shape index (κ2) is 14.0. The Morgan fingerprint density at radius 1 is 0.533 bits per heavy atom. The molecule has 0 amide bonds. The number of anilines is 2. The van der Waals surface area contributed by atoms with Crippen LogP contribution in [0.3, 0.4) is 0 Å². The van der Waals surface area contributed by atoms with Gasteiger partial charge in [0, 0.05) is 25.8 Å². The van der Waals surface area contributed by atoms with Crippen molar-refractivity contribution in [2.45, 2.75) is 47.9 Å². The van der Waals surface area contributed by atoms with Gasteiger partial charge >= 0.3 is 72.6 Å². The van der Waals surface area contributed by atoms with Crippen LogP contribution in [-0.4, -0.2) is 44.2 Å². The predicted octanol–water partition coefficient (Wildman–Crippen LogP) is 10.1. The van der Waals surface area contributed by atoms with E-state index in [1.54, 1.807) is 0 Å². The molecule has 2 aromatic rings. The summed E-state index contributed by atoms with van der Waals surface area (Å²) in [4.78, 5) is 0. The first-order valence-electron chi connectivity index (χ1n) is 10.3. The van der Waals surface area contributed by atoms with Crippen LogP contribution in [0.1, 0.15) is 11.1 Å². The molecule has 0 aliphatic heterocycles. The first kappa shape index (κ1) is 43.0. The molecule has 4 N–H and O–H groups in total. The average Bonchev–Trinajstić information content (AvgIpc) is 2.84. The molecule has 0 aliphatic rings. The normalized spacial score (nSPS) is 15.8. The molecule has 25 heteroatoms. The van der Waals surface area contributed by atoms with E-state index < -0.39 is 68.0 Å². The quantitative estimate of drug-likeness (QED) is 0.124. The van der Waals surface area contributed by atoms with E-state index in [9.17, 15) is 79.0 Å². The van der Waals surface area contributed by atoms with E-state index in [1.165, 1.54) is 0 Å². The van der Waals surface area contributed by atoms with Gasteiger partial charge in [-0.25, -0.2) is 8.78 Å². The van der Waals surface area contributed by atoms with Gasteiger partial charge in [-0.05, 0) is 56.1 Å². The Morgan fingerprint density at radius 3 is 1.04 bits per heavy atom. The molecule has 0 aromatic heterocycles. The summed E-state index contributed by atoms with van der Waals surface area (Å²) in [7, 11) is 4.34. The summed E-state index contributed by atoms with van der Waals surface area (Å²) >= 11 is 8.31. The van der Waals surface area contributed by atoms with Gasteiger partial charge in [-0.15, -0.1) is 0 Å². The Balaban J connectivity index is 0.000000794. The number of halogens is 20. The Kier molecular flexibility index (Phi) is 13.3. The molecule has 2 atom stereocenters. The Morgan fingerprint density at radius 2 is 0.800 bits per heavy atom. The SMILES string of the molecule is Nc1c(Br)cc(C(F)(C(F)(F)F)C(F)(F)C(F)(F)F)cc1Br.Nc1ccc(C(F)(C(F)(F)F)C(F)(F)C(F)(F)F)cc1.[B]=NS. The van der Waals surface area contributed by atoms with Crippen LogP contribution >= 0.6 is 44.7 Å². The summed E-state index contributed by atoms with van der Waals surface area (Å²) in [6.07, 6.45) is -26.5. The zero-order valence-electron chi connectivity index (χ0n) is 20.6. The number of hydrogen-bond acceptors (Lipinski definition) is 4. The molecule has 2 aromatic carbocycles. The van der Waals surface area contributed by atoms with Crippen molar-refractivity contribution in [2.75, 3.05) is 11.5 Å². The van der Waals surface area contributed by atoms with Crippen LogP contribution in [-0.2, 0) is 11.3 Å². The second-order valence-electron chi connectivity index (χ2n) is 8.05. The molecule has 0 aliphatic carbocycles. The minimum absolute atomic E-state index is 0.118. The Labute approximate surface area is 262 Å². The van der Waals surface area contributed by atoms with Gasteiger partial charge in [0.15, 0.2) is 0 Å². The molecule has 2 rings (SSSR count). The summed E-state index contributed by atoms with van der Waals surface area (Å²) < 4.78 is 231. The zero-order chi connectivity index (χ0) is 36.4.